The van der Waals surface area contributed by atoms with Gasteiger partial charge in [-0.2, -0.15) is 13.2 Å². The first-order chi connectivity index (χ1) is 9.77. The standard InChI is InChI=1S/C15H10BrCl2F3/c16-11-5-6-13(17)12(8-11)14(18)7-9-1-3-10(4-2-9)15(19,20)21/h1-6,8,14H,7H2. The maximum atomic E-state index is 12.5. The van der Waals surface area contributed by atoms with Crippen molar-refractivity contribution in [3.8, 4) is 0 Å². The molecule has 0 saturated carbocycles. The van der Waals surface area contributed by atoms with Crippen LogP contribution in [-0.2, 0) is 12.6 Å². The van der Waals surface area contributed by atoms with Crippen LogP contribution >= 0.6 is 39.1 Å². The minimum absolute atomic E-state index is 0.399. The maximum absolute atomic E-state index is 12.5. The highest BCUT2D eigenvalue weighted by Crippen LogP contribution is 2.34. The van der Waals surface area contributed by atoms with E-state index in [2.05, 4.69) is 15.9 Å². The first-order valence-electron chi connectivity index (χ1n) is 6.02. The molecule has 1 atom stereocenters. The third-order valence-corrected chi connectivity index (χ3v) is 4.22. The molecule has 0 fully saturated rings. The van der Waals surface area contributed by atoms with Gasteiger partial charge in [-0.05, 0) is 47.9 Å². The summed E-state index contributed by atoms with van der Waals surface area (Å²) in [4.78, 5) is 0. The Labute approximate surface area is 139 Å². The number of rotatable bonds is 3. The van der Waals surface area contributed by atoms with Crippen LogP contribution in [0.1, 0.15) is 22.1 Å². The van der Waals surface area contributed by atoms with Crippen molar-refractivity contribution in [3.05, 3.63) is 68.7 Å². The number of hydrogen-bond donors (Lipinski definition) is 0. The molecule has 0 saturated heterocycles. The van der Waals surface area contributed by atoms with Crippen molar-refractivity contribution >= 4 is 39.1 Å². The molecule has 0 aliphatic carbocycles. The lowest BCUT2D eigenvalue weighted by molar-refractivity contribution is -0.137. The summed E-state index contributed by atoms with van der Waals surface area (Å²) in [6.45, 7) is 0. The van der Waals surface area contributed by atoms with Crippen LogP contribution in [0.25, 0.3) is 0 Å². The zero-order valence-corrected chi connectivity index (χ0v) is 13.7. The Morgan fingerprint density at radius 3 is 2.24 bits per heavy atom. The molecule has 0 aromatic heterocycles. The van der Waals surface area contributed by atoms with Gasteiger partial charge in [0.25, 0.3) is 0 Å². The lowest BCUT2D eigenvalue weighted by Gasteiger charge is -2.13. The molecule has 0 heterocycles. The molecular weight excluding hydrogens is 388 g/mol. The summed E-state index contributed by atoms with van der Waals surface area (Å²) in [7, 11) is 0. The van der Waals surface area contributed by atoms with Crippen LogP contribution in [0, 0.1) is 0 Å². The van der Waals surface area contributed by atoms with Gasteiger partial charge in [0.1, 0.15) is 0 Å². The van der Waals surface area contributed by atoms with Gasteiger partial charge in [0.15, 0.2) is 0 Å². The van der Waals surface area contributed by atoms with Crippen LogP contribution in [0.5, 0.6) is 0 Å². The number of benzene rings is 2. The van der Waals surface area contributed by atoms with E-state index in [4.69, 9.17) is 23.2 Å². The van der Waals surface area contributed by atoms with E-state index in [0.29, 0.717) is 11.4 Å². The van der Waals surface area contributed by atoms with Crippen molar-refractivity contribution in [3.63, 3.8) is 0 Å². The summed E-state index contributed by atoms with van der Waals surface area (Å²) in [6, 6.07) is 10.3. The van der Waals surface area contributed by atoms with Gasteiger partial charge in [0.05, 0.1) is 10.9 Å². The lowest BCUT2D eigenvalue weighted by Crippen LogP contribution is -2.05. The van der Waals surface area contributed by atoms with E-state index in [1.807, 2.05) is 6.07 Å². The van der Waals surface area contributed by atoms with E-state index in [1.54, 1.807) is 12.1 Å². The van der Waals surface area contributed by atoms with Crippen LogP contribution in [0.15, 0.2) is 46.9 Å². The van der Waals surface area contributed by atoms with Crippen LogP contribution in [0.4, 0.5) is 13.2 Å². The zero-order chi connectivity index (χ0) is 15.6. The van der Waals surface area contributed by atoms with Gasteiger partial charge in [-0.25, -0.2) is 0 Å². The second-order valence-electron chi connectivity index (χ2n) is 4.53. The summed E-state index contributed by atoms with van der Waals surface area (Å²) >= 11 is 15.7. The van der Waals surface area contributed by atoms with Gasteiger partial charge in [-0.1, -0.05) is 39.7 Å². The van der Waals surface area contributed by atoms with Crippen molar-refractivity contribution in [1.29, 1.82) is 0 Å². The third kappa shape index (κ3) is 4.38. The van der Waals surface area contributed by atoms with Crippen molar-refractivity contribution < 1.29 is 13.2 Å². The molecule has 112 valence electrons. The third-order valence-electron chi connectivity index (χ3n) is 2.99. The predicted molar refractivity (Wildman–Crippen MR) is 82.9 cm³/mol. The molecule has 21 heavy (non-hydrogen) atoms. The smallest absolute Gasteiger partial charge is 0.166 e. The van der Waals surface area contributed by atoms with Gasteiger partial charge in [0.2, 0.25) is 0 Å². The molecule has 0 N–H and O–H groups in total. The Bertz CT molecular complexity index is 624. The topological polar surface area (TPSA) is 0 Å². The highest BCUT2D eigenvalue weighted by atomic mass is 79.9. The average molecular weight is 398 g/mol. The Morgan fingerprint density at radius 1 is 1.05 bits per heavy atom. The first-order valence-corrected chi connectivity index (χ1v) is 7.63. The van der Waals surface area contributed by atoms with Crippen LogP contribution in [-0.4, -0.2) is 0 Å². The average Bonchev–Trinajstić information content (AvgIpc) is 2.41. The molecule has 0 radical (unpaired) electrons. The van der Waals surface area contributed by atoms with E-state index in [0.717, 1.165) is 27.7 Å². The molecule has 2 rings (SSSR count). The normalized spacial score (nSPS) is 13.2. The molecular formula is C15H10BrCl2F3. The fourth-order valence-corrected chi connectivity index (χ4v) is 2.94. The quantitative estimate of drug-likeness (QED) is 0.509. The molecule has 0 nitrogen and oxygen atoms in total. The largest absolute Gasteiger partial charge is 0.416 e. The molecule has 0 bridgehead atoms. The van der Waals surface area contributed by atoms with E-state index in [-0.39, 0.29) is 0 Å². The Balaban J connectivity index is 2.16. The minimum Gasteiger partial charge on any atom is -0.166 e. The van der Waals surface area contributed by atoms with E-state index < -0.39 is 17.1 Å². The second kappa shape index (κ2) is 6.59. The van der Waals surface area contributed by atoms with Crippen LogP contribution in [0.2, 0.25) is 5.02 Å². The molecule has 0 aliphatic rings. The summed E-state index contributed by atoms with van der Waals surface area (Å²) in [5.74, 6) is 0. The lowest BCUT2D eigenvalue weighted by atomic mass is 10.0. The number of halogens is 6. The summed E-state index contributed by atoms with van der Waals surface area (Å²) in [6.07, 6.45) is -3.93. The maximum Gasteiger partial charge on any atom is 0.416 e. The minimum atomic E-state index is -4.33. The van der Waals surface area contributed by atoms with Crippen molar-refractivity contribution in [2.45, 2.75) is 18.0 Å². The molecule has 2 aromatic carbocycles. The second-order valence-corrected chi connectivity index (χ2v) is 6.38. The van der Waals surface area contributed by atoms with Crippen LogP contribution < -0.4 is 0 Å². The first kappa shape index (κ1) is 16.7. The van der Waals surface area contributed by atoms with Gasteiger partial charge in [-0.3, -0.25) is 0 Å². The van der Waals surface area contributed by atoms with E-state index in [9.17, 15) is 13.2 Å². The van der Waals surface area contributed by atoms with E-state index in [1.165, 1.54) is 12.1 Å². The summed E-state index contributed by atoms with van der Waals surface area (Å²) < 4.78 is 38.3. The number of hydrogen-bond acceptors (Lipinski definition) is 0. The predicted octanol–water partition coefficient (Wildman–Crippen LogP) is 6.64. The molecule has 0 spiro atoms. The molecule has 2 aromatic rings. The van der Waals surface area contributed by atoms with Gasteiger partial charge in [0, 0.05) is 9.50 Å². The summed E-state index contributed by atoms with van der Waals surface area (Å²) in [5, 5.41) is 0.122. The molecule has 0 amide bonds. The summed E-state index contributed by atoms with van der Waals surface area (Å²) in [5.41, 5.74) is 0.796. The van der Waals surface area contributed by atoms with Crippen molar-refractivity contribution in [1.82, 2.24) is 0 Å². The molecule has 1 unspecified atom stereocenters. The molecule has 6 heteroatoms. The van der Waals surface area contributed by atoms with Gasteiger partial charge >= 0.3 is 6.18 Å². The SMILES string of the molecule is FC(F)(F)c1ccc(CC(Cl)c2cc(Br)ccc2Cl)cc1. The monoisotopic (exact) mass is 396 g/mol. The molecule has 0 aliphatic heterocycles. The van der Waals surface area contributed by atoms with Gasteiger partial charge < -0.3 is 0 Å². The highest BCUT2D eigenvalue weighted by molar-refractivity contribution is 9.10. The highest BCUT2D eigenvalue weighted by Gasteiger charge is 2.30. The Kier molecular flexibility index (Phi) is 5.23. The van der Waals surface area contributed by atoms with Crippen molar-refractivity contribution in [2.75, 3.05) is 0 Å². The Morgan fingerprint density at radius 2 is 1.67 bits per heavy atom. The van der Waals surface area contributed by atoms with Crippen LogP contribution in [0.3, 0.4) is 0 Å². The fourth-order valence-electron chi connectivity index (χ4n) is 1.90. The van der Waals surface area contributed by atoms with Gasteiger partial charge in [-0.15, -0.1) is 11.6 Å². The number of alkyl halides is 4. The zero-order valence-electron chi connectivity index (χ0n) is 10.6. The fraction of sp³-hybridized carbons (Fsp3) is 0.200. The van der Waals surface area contributed by atoms with E-state index >= 15 is 0 Å². The Hall–Kier alpha value is -0.710. The van der Waals surface area contributed by atoms with Crippen molar-refractivity contribution in [2.24, 2.45) is 0 Å².